The minimum absolute atomic E-state index is 0.0390. The number of benzene rings is 1. The first kappa shape index (κ1) is 19.7. The van der Waals surface area contributed by atoms with E-state index in [1.165, 1.54) is 0 Å². The summed E-state index contributed by atoms with van der Waals surface area (Å²) in [4.78, 5) is 19.4. The van der Waals surface area contributed by atoms with Crippen molar-refractivity contribution in [2.45, 2.75) is 38.3 Å². The van der Waals surface area contributed by atoms with Crippen molar-refractivity contribution < 1.29 is 9.18 Å². The zero-order valence-corrected chi connectivity index (χ0v) is 17.1. The van der Waals surface area contributed by atoms with Gasteiger partial charge in [-0.05, 0) is 36.0 Å². The molecule has 29 heavy (non-hydrogen) atoms. The monoisotopic (exact) mass is 394 g/mol. The number of Topliss-reactive ketones (excluding diaryl/α,β-unsaturated/α-hetero) is 1. The second kappa shape index (κ2) is 8.03. The predicted octanol–water partition coefficient (Wildman–Crippen LogP) is 3.96. The molecule has 1 aromatic carbocycles. The Morgan fingerprint density at radius 1 is 1.14 bits per heavy atom. The van der Waals surface area contributed by atoms with Crippen LogP contribution >= 0.6 is 0 Å². The Labute approximate surface area is 170 Å². The van der Waals surface area contributed by atoms with Gasteiger partial charge >= 0.3 is 0 Å². The predicted molar refractivity (Wildman–Crippen MR) is 112 cm³/mol. The third kappa shape index (κ3) is 4.22. The number of halogens is 1. The maximum absolute atomic E-state index is 15.3. The van der Waals surface area contributed by atoms with E-state index in [1.807, 2.05) is 37.6 Å². The maximum atomic E-state index is 15.3. The number of alkyl halides is 1. The van der Waals surface area contributed by atoms with Gasteiger partial charge in [-0.1, -0.05) is 19.1 Å². The number of hydrogen-bond donors (Lipinski definition) is 0. The van der Waals surface area contributed by atoms with Crippen molar-refractivity contribution in [2.75, 3.05) is 19.6 Å². The standard InChI is InChI=1S/C23H27FN4O/c1-3-8-28-9-6-23(24,7-10-28)22(29)13-21-12-19-11-17(4-5-18(19)14-25-21)20-15-26-27(2)16-20/h4-5,11-12,14-16H,3,6-10,13H2,1-2H3. The number of likely N-dealkylation sites (tertiary alicyclic amines) is 1. The SMILES string of the molecule is CCCN1CCC(F)(C(=O)Cc2cc3cc(-c4cnn(C)c4)ccc3cn2)CC1. The van der Waals surface area contributed by atoms with E-state index in [1.54, 1.807) is 10.9 Å². The minimum Gasteiger partial charge on any atom is -0.303 e. The minimum atomic E-state index is -1.72. The Hall–Kier alpha value is -2.60. The largest absolute Gasteiger partial charge is 0.303 e. The summed E-state index contributed by atoms with van der Waals surface area (Å²) in [5, 5.41) is 6.21. The van der Waals surface area contributed by atoms with E-state index in [4.69, 9.17) is 0 Å². The van der Waals surface area contributed by atoms with Crippen LogP contribution in [0, 0.1) is 0 Å². The lowest BCUT2D eigenvalue weighted by Gasteiger charge is -2.35. The molecular weight excluding hydrogens is 367 g/mol. The van der Waals surface area contributed by atoms with E-state index in [0.717, 1.165) is 34.9 Å². The average Bonchev–Trinajstić information content (AvgIpc) is 3.16. The summed E-state index contributed by atoms with van der Waals surface area (Å²) in [5.41, 5.74) is 0.988. The molecule has 0 saturated carbocycles. The van der Waals surface area contributed by atoms with E-state index in [9.17, 15) is 4.79 Å². The zero-order valence-electron chi connectivity index (χ0n) is 17.1. The van der Waals surface area contributed by atoms with Crippen molar-refractivity contribution >= 4 is 16.6 Å². The van der Waals surface area contributed by atoms with Crippen molar-refractivity contribution in [3.05, 3.63) is 48.5 Å². The highest BCUT2D eigenvalue weighted by Crippen LogP contribution is 2.30. The summed E-state index contributed by atoms with van der Waals surface area (Å²) in [7, 11) is 1.89. The van der Waals surface area contributed by atoms with Gasteiger partial charge in [0.25, 0.3) is 0 Å². The number of aromatic nitrogens is 3. The Bertz CT molecular complexity index is 1020. The molecule has 5 nitrogen and oxygen atoms in total. The first-order valence-electron chi connectivity index (χ1n) is 10.3. The lowest BCUT2D eigenvalue weighted by Crippen LogP contribution is -2.47. The maximum Gasteiger partial charge on any atom is 0.175 e. The summed E-state index contributed by atoms with van der Waals surface area (Å²) in [6, 6.07) is 8.02. The van der Waals surface area contributed by atoms with Crippen molar-refractivity contribution in [3.63, 3.8) is 0 Å². The highest BCUT2D eigenvalue weighted by atomic mass is 19.1. The zero-order chi connectivity index (χ0) is 20.4. The van der Waals surface area contributed by atoms with Crippen molar-refractivity contribution in [1.29, 1.82) is 0 Å². The number of rotatable bonds is 6. The molecule has 0 unspecified atom stereocenters. The van der Waals surface area contributed by atoms with Crippen molar-refractivity contribution in [3.8, 4) is 11.1 Å². The molecule has 6 heteroatoms. The summed E-state index contributed by atoms with van der Waals surface area (Å²) in [6.07, 6.45) is 7.20. The molecule has 0 bridgehead atoms. The van der Waals surface area contributed by atoms with Gasteiger partial charge in [0.2, 0.25) is 0 Å². The molecule has 4 rings (SSSR count). The molecule has 1 aliphatic rings. The second-order valence-corrected chi connectivity index (χ2v) is 8.05. The number of piperidine rings is 1. The lowest BCUT2D eigenvalue weighted by molar-refractivity contribution is -0.133. The lowest BCUT2D eigenvalue weighted by atomic mass is 9.86. The molecule has 1 fully saturated rings. The van der Waals surface area contributed by atoms with Crippen LogP contribution in [0.3, 0.4) is 0 Å². The van der Waals surface area contributed by atoms with Crippen LogP contribution in [0.15, 0.2) is 42.9 Å². The van der Waals surface area contributed by atoms with Crippen LogP contribution in [0.4, 0.5) is 4.39 Å². The van der Waals surface area contributed by atoms with E-state index in [2.05, 4.69) is 28.0 Å². The van der Waals surface area contributed by atoms with Gasteiger partial charge in [0.1, 0.15) is 0 Å². The first-order chi connectivity index (χ1) is 14.0. The molecule has 3 heterocycles. The van der Waals surface area contributed by atoms with Gasteiger partial charge in [0.05, 0.1) is 12.6 Å². The quantitative estimate of drug-likeness (QED) is 0.635. The summed E-state index contributed by atoms with van der Waals surface area (Å²) in [6.45, 7) is 4.38. The van der Waals surface area contributed by atoms with Crippen LogP contribution in [0.1, 0.15) is 31.9 Å². The topological polar surface area (TPSA) is 51.0 Å². The van der Waals surface area contributed by atoms with Gasteiger partial charge in [0.15, 0.2) is 11.5 Å². The molecule has 0 N–H and O–H groups in total. The van der Waals surface area contributed by atoms with Gasteiger partial charge in [0, 0.05) is 62.0 Å². The number of fused-ring (bicyclic) bond motifs is 1. The molecule has 2 aromatic heterocycles. The third-order valence-corrected chi connectivity index (χ3v) is 5.85. The smallest absolute Gasteiger partial charge is 0.175 e. The summed E-state index contributed by atoms with van der Waals surface area (Å²) < 4.78 is 17.0. The number of carbonyl (C=O) groups is 1. The molecule has 1 saturated heterocycles. The Balaban J connectivity index is 1.51. The Kier molecular flexibility index (Phi) is 5.46. The van der Waals surface area contributed by atoms with Gasteiger partial charge in [-0.15, -0.1) is 0 Å². The fourth-order valence-electron chi connectivity index (χ4n) is 4.08. The van der Waals surface area contributed by atoms with Crippen LogP contribution in [0.2, 0.25) is 0 Å². The molecule has 3 aromatic rings. The van der Waals surface area contributed by atoms with Gasteiger partial charge in [-0.2, -0.15) is 5.10 Å². The number of ketones is 1. The highest BCUT2D eigenvalue weighted by Gasteiger charge is 2.41. The summed E-state index contributed by atoms with van der Waals surface area (Å²) >= 11 is 0. The number of hydrogen-bond acceptors (Lipinski definition) is 4. The normalized spacial score (nSPS) is 16.9. The number of nitrogens with zero attached hydrogens (tertiary/aromatic N) is 4. The van der Waals surface area contributed by atoms with Crippen LogP contribution in [-0.2, 0) is 18.3 Å². The van der Waals surface area contributed by atoms with Crippen LogP contribution in [0.5, 0.6) is 0 Å². The number of carbonyl (C=O) groups excluding carboxylic acids is 1. The molecule has 0 amide bonds. The summed E-state index contributed by atoms with van der Waals surface area (Å²) in [5.74, 6) is -0.344. The van der Waals surface area contributed by atoms with E-state index in [-0.39, 0.29) is 25.0 Å². The molecule has 1 aliphatic heterocycles. The van der Waals surface area contributed by atoms with E-state index >= 15 is 4.39 Å². The molecule has 152 valence electrons. The van der Waals surface area contributed by atoms with E-state index < -0.39 is 5.67 Å². The van der Waals surface area contributed by atoms with Crippen molar-refractivity contribution in [1.82, 2.24) is 19.7 Å². The van der Waals surface area contributed by atoms with Crippen LogP contribution in [-0.4, -0.2) is 50.8 Å². The third-order valence-electron chi connectivity index (χ3n) is 5.85. The van der Waals surface area contributed by atoms with Gasteiger partial charge in [-0.3, -0.25) is 14.5 Å². The molecule has 0 spiro atoms. The van der Waals surface area contributed by atoms with Crippen LogP contribution in [0.25, 0.3) is 21.9 Å². The first-order valence-corrected chi connectivity index (χ1v) is 10.3. The Morgan fingerprint density at radius 2 is 1.93 bits per heavy atom. The van der Waals surface area contributed by atoms with Crippen molar-refractivity contribution in [2.24, 2.45) is 7.05 Å². The molecule has 0 radical (unpaired) electrons. The van der Waals surface area contributed by atoms with Crippen LogP contribution < -0.4 is 0 Å². The molecular formula is C23H27FN4O. The fraction of sp³-hybridized carbons (Fsp3) is 0.435. The molecule has 0 aliphatic carbocycles. The Morgan fingerprint density at radius 3 is 2.62 bits per heavy atom. The van der Waals surface area contributed by atoms with Gasteiger partial charge in [-0.25, -0.2) is 4.39 Å². The van der Waals surface area contributed by atoms with Gasteiger partial charge < -0.3 is 4.90 Å². The number of aryl methyl sites for hydroxylation is 1. The molecule has 0 atom stereocenters. The average molecular weight is 394 g/mol. The highest BCUT2D eigenvalue weighted by molar-refractivity contribution is 5.91. The van der Waals surface area contributed by atoms with E-state index in [0.29, 0.717) is 18.8 Å². The fourth-order valence-corrected chi connectivity index (χ4v) is 4.08. The second-order valence-electron chi connectivity index (χ2n) is 8.05. The number of pyridine rings is 1.